The molecule has 72 valence electrons. The standard InChI is InChI=1S/C11H10O2S/c1-7-9(3-5-13-7)11(12)10-4-6-14-8(10)2/h3-6H,1-2H3. The molecule has 2 aromatic rings. The van der Waals surface area contributed by atoms with Crippen molar-refractivity contribution < 1.29 is 9.21 Å². The van der Waals surface area contributed by atoms with Crippen LogP contribution in [0.3, 0.4) is 0 Å². The minimum absolute atomic E-state index is 0.0509. The molecule has 14 heavy (non-hydrogen) atoms. The number of ketones is 1. The molecule has 0 amide bonds. The van der Waals surface area contributed by atoms with Crippen LogP contribution in [0.5, 0.6) is 0 Å². The summed E-state index contributed by atoms with van der Waals surface area (Å²) in [6.45, 7) is 3.75. The summed E-state index contributed by atoms with van der Waals surface area (Å²) in [6, 6.07) is 3.57. The Morgan fingerprint density at radius 3 is 2.57 bits per heavy atom. The van der Waals surface area contributed by atoms with Gasteiger partial charge in [-0.1, -0.05) is 0 Å². The highest BCUT2D eigenvalue weighted by Gasteiger charge is 2.16. The number of furan rings is 1. The quantitative estimate of drug-likeness (QED) is 0.706. The van der Waals surface area contributed by atoms with Crippen LogP contribution in [0.25, 0.3) is 0 Å². The molecular weight excluding hydrogens is 196 g/mol. The van der Waals surface area contributed by atoms with Crippen molar-refractivity contribution in [2.75, 3.05) is 0 Å². The third kappa shape index (κ3) is 1.40. The average Bonchev–Trinajstić information content (AvgIpc) is 2.73. The maximum atomic E-state index is 12.0. The van der Waals surface area contributed by atoms with E-state index in [2.05, 4.69) is 0 Å². The second-order valence-electron chi connectivity index (χ2n) is 3.11. The zero-order chi connectivity index (χ0) is 10.1. The van der Waals surface area contributed by atoms with Crippen LogP contribution in [0.15, 0.2) is 28.2 Å². The Morgan fingerprint density at radius 1 is 1.29 bits per heavy atom. The van der Waals surface area contributed by atoms with Crippen molar-refractivity contribution in [1.29, 1.82) is 0 Å². The Labute approximate surface area is 86.2 Å². The second-order valence-corrected chi connectivity index (χ2v) is 4.23. The Balaban J connectivity index is 2.44. The minimum atomic E-state index is 0.0509. The van der Waals surface area contributed by atoms with E-state index in [0.29, 0.717) is 11.3 Å². The van der Waals surface area contributed by atoms with Crippen molar-refractivity contribution in [3.8, 4) is 0 Å². The highest BCUT2D eigenvalue weighted by Crippen LogP contribution is 2.21. The highest BCUT2D eigenvalue weighted by atomic mass is 32.1. The van der Waals surface area contributed by atoms with Gasteiger partial charge in [0.15, 0.2) is 5.78 Å². The summed E-state index contributed by atoms with van der Waals surface area (Å²) in [5, 5.41) is 1.93. The lowest BCUT2D eigenvalue weighted by molar-refractivity contribution is 0.103. The molecular formula is C11H10O2S. The van der Waals surface area contributed by atoms with E-state index < -0.39 is 0 Å². The van der Waals surface area contributed by atoms with Crippen molar-refractivity contribution in [3.05, 3.63) is 45.5 Å². The lowest BCUT2D eigenvalue weighted by Crippen LogP contribution is -2.01. The number of aryl methyl sites for hydroxylation is 2. The molecule has 0 atom stereocenters. The number of carbonyl (C=O) groups excluding carboxylic acids is 1. The fourth-order valence-electron chi connectivity index (χ4n) is 1.39. The van der Waals surface area contributed by atoms with Gasteiger partial charge in [-0.3, -0.25) is 4.79 Å². The molecule has 2 aromatic heterocycles. The van der Waals surface area contributed by atoms with Gasteiger partial charge >= 0.3 is 0 Å². The summed E-state index contributed by atoms with van der Waals surface area (Å²) in [7, 11) is 0. The van der Waals surface area contributed by atoms with Gasteiger partial charge < -0.3 is 4.42 Å². The fraction of sp³-hybridized carbons (Fsp3) is 0.182. The molecule has 0 saturated carbocycles. The maximum Gasteiger partial charge on any atom is 0.197 e. The Hall–Kier alpha value is -1.35. The van der Waals surface area contributed by atoms with Gasteiger partial charge in [0.25, 0.3) is 0 Å². The van der Waals surface area contributed by atoms with E-state index in [-0.39, 0.29) is 5.78 Å². The van der Waals surface area contributed by atoms with Crippen LogP contribution in [-0.2, 0) is 0 Å². The van der Waals surface area contributed by atoms with E-state index in [1.165, 1.54) is 0 Å². The minimum Gasteiger partial charge on any atom is -0.469 e. The first-order chi connectivity index (χ1) is 6.70. The molecule has 2 nitrogen and oxygen atoms in total. The van der Waals surface area contributed by atoms with E-state index >= 15 is 0 Å². The number of hydrogen-bond donors (Lipinski definition) is 0. The SMILES string of the molecule is Cc1occc1C(=O)c1ccsc1C. The zero-order valence-electron chi connectivity index (χ0n) is 8.03. The molecule has 0 N–H and O–H groups in total. The van der Waals surface area contributed by atoms with Gasteiger partial charge in [0, 0.05) is 10.4 Å². The van der Waals surface area contributed by atoms with Gasteiger partial charge in [0.2, 0.25) is 0 Å². The molecule has 0 unspecified atom stereocenters. The van der Waals surface area contributed by atoms with Gasteiger partial charge in [-0.15, -0.1) is 11.3 Å². The molecule has 0 fully saturated rings. The molecule has 0 bridgehead atoms. The van der Waals surface area contributed by atoms with Crippen molar-refractivity contribution in [2.24, 2.45) is 0 Å². The molecule has 3 heteroatoms. The number of thiophene rings is 1. The summed E-state index contributed by atoms with van der Waals surface area (Å²) >= 11 is 1.58. The molecule has 0 radical (unpaired) electrons. The van der Waals surface area contributed by atoms with Crippen LogP contribution < -0.4 is 0 Å². The lowest BCUT2D eigenvalue weighted by atomic mass is 10.1. The monoisotopic (exact) mass is 206 g/mol. The smallest absolute Gasteiger partial charge is 0.197 e. The predicted molar refractivity (Wildman–Crippen MR) is 55.9 cm³/mol. The first-order valence-corrected chi connectivity index (χ1v) is 5.21. The highest BCUT2D eigenvalue weighted by molar-refractivity contribution is 7.10. The third-order valence-electron chi connectivity index (χ3n) is 2.21. The fourth-order valence-corrected chi connectivity index (χ4v) is 2.08. The molecule has 0 aliphatic heterocycles. The molecule has 0 aromatic carbocycles. The Kier molecular flexibility index (Phi) is 2.25. The van der Waals surface area contributed by atoms with E-state index in [0.717, 1.165) is 10.4 Å². The molecule has 0 aliphatic carbocycles. The topological polar surface area (TPSA) is 30.2 Å². The van der Waals surface area contributed by atoms with Crippen LogP contribution in [0, 0.1) is 13.8 Å². The molecule has 2 heterocycles. The summed E-state index contributed by atoms with van der Waals surface area (Å²) < 4.78 is 5.11. The van der Waals surface area contributed by atoms with Gasteiger partial charge in [-0.05, 0) is 31.4 Å². The molecule has 0 saturated heterocycles. The lowest BCUT2D eigenvalue weighted by Gasteiger charge is -1.97. The number of rotatable bonds is 2. The zero-order valence-corrected chi connectivity index (χ0v) is 8.85. The second kappa shape index (κ2) is 3.42. The largest absolute Gasteiger partial charge is 0.469 e. The van der Waals surface area contributed by atoms with Crippen LogP contribution >= 0.6 is 11.3 Å². The normalized spacial score (nSPS) is 10.4. The summed E-state index contributed by atoms with van der Waals surface area (Å²) in [5.41, 5.74) is 1.44. The van der Waals surface area contributed by atoms with E-state index in [4.69, 9.17) is 4.42 Å². The molecule has 0 aliphatic rings. The van der Waals surface area contributed by atoms with Crippen molar-refractivity contribution in [2.45, 2.75) is 13.8 Å². The van der Waals surface area contributed by atoms with E-state index in [1.54, 1.807) is 30.6 Å². The number of hydrogen-bond acceptors (Lipinski definition) is 3. The van der Waals surface area contributed by atoms with Crippen LogP contribution in [-0.4, -0.2) is 5.78 Å². The van der Waals surface area contributed by atoms with Crippen LogP contribution in [0.1, 0.15) is 26.6 Å². The third-order valence-corrected chi connectivity index (χ3v) is 3.05. The average molecular weight is 206 g/mol. The van der Waals surface area contributed by atoms with Gasteiger partial charge in [0.05, 0.1) is 11.8 Å². The maximum absolute atomic E-state index is 12.0. The van der Waals surface area contributed by atoms with Crippen LogP contribution in [0.2, 0.25) is 0 Å². The molecule has 0 spiro atoms. The molecule has 2 rings (SSSR count). The first-order valence-electron chi connectivity index (χ1n) is 4.33. The van der Waals surface area contributed by atoms with Gasteiger partial charge in [0.1, 0.15) is 5.76 Å². The number of carbonyl (C=O) groups is 1. The Bertz CT molecular complexity index is 423. The van der Waals surface area contributed by atoms with Crippen LogP contribution in [0.4, 0.5) is 0 Å². The van der Waals surface area contributed by atoms with Gasteiger partial charge in [-0.2, -0.15) is 0 Å². The van der Waals surface area contributed by atoms with Crippen molar-refractivity contribution >= 4 is 17.1 Å². The summed E-state index contributed by atoms with van der Waals surface area (Å²) in [6.07, 6.45) is 1.55. The summed E-state index contributed by atoms with van der Waals surface area (Å²) in [4.78, 5) is 13.0. The van der Waals surface area contributed by atoms with Gasteiger partial charge in [-0.25, -0.2) is 0 Å². The van der Waals surface area contributed by atoms with Crippen molar-refractivity contribution in [1.82, 2.24) is 0 Å². The van der Waals surface area contributed by atoms with Crippen molar-refractivity contribution in [3.63, 3.8) is 0 Å². The first kappa shape index (κ1) is 9.21. The Morgan fingerprint density at radius 2 is 2.07 bits per heavy atom. The van der Waals surface area contributed by atoms with E-state index in [1.807, 2.05) is 18.4 Å². The van der Waals surface area contributed by atoms with E-state index in [9.17, 15) is 4.79 Å². The predicted octanol–water partition coefficient (Wildman–Crippen LogP) is 3.19. The summed E-state index contributed by atoms with van der Waals surface area (Å²) in [5.74, 6) is 0.732.